The summed E-state index contributed by atoms with van der Waals surface area (Å²) in [7, 11) is 0. The van der Waals surface area contributed by atoms with Crippen molar-refractivity contribution < 1.29 is 51.3 Å². The lowest BCUT2D eigenvalue weighted by Crippen LogP contribution is -2.21. The Kier molecular flexibility index (Phi) is 8.13. The Morgan fingerprint density at radius 3 is 1.65 bits per heavy atom. The van der Waals surface area contributed by atoms with Crippen molar-refractivity contribution in [2.24, 2.45) is 0 Å². The molecule has 1 heterocycles. The summed E-state index contributed by atoms with van der Waals surface area (Å²) in [4.78, 5) is 17.8. The first-order valence-electron chi connectivity index (χ1n) is 6.14. The zero-order valence-corrected chi connectivity index (χ0v) is 12.3. The molecule has 0 spiro atoms. The number of benzene rings is 1. The van der Waals surface area contributed by atoms with Crippen molar-refractivity contribution in [1.29, 1.82) is 0 Å². The van der Waals surface area contributed by atoms with Crippen LogP contribution in [0.2, 0.25) is 0 Å². The lowest BCUT2D eigenvalue weighted by molar-refractivity contribution is -0.193. The molecule has 0 amide bonds. The monoisotopic (exact) mass is 388 g/mol. The molecule has 0 bridgehead atoms. The van der Waals surface area contributed by atoms with Crippen LogP contribution in [0.3, 0.4) is 0 Å². The van der Waals surface area contributed by atoms with Gasteiger partial charge in [0.25, 0.3) is 0 Å². The molecule has 144 valence electrons. The molecule has 2 aromatic rings. The van der Waals surface area contributed by atoms with Crippen LogP contribution in [0.4, 0.5) is 26.3 Å². The van der Waals surface area contributed by atoms with Crippen LogP contribution in [-0.4, -0.2) is 49.8 Å². The number of carboxylic acid groups (broad SMARTS) is 2. The van der Waals surface area contributed by atoms with Crippen molar-refractivity contribution >= 4 is 11.9 Å². The van der Waals surface area contributed by atoms with Crippen molar-refractivity contribution in [2.75, 3.05) is 0 Å². The van der Waals surface area contributed by atoms with Crippen LogP contribution in [0, 0.1) is 0 Å². The van der Waals surface area contributed by atoms with Gasteiger partial charge in [-0.15, -0.1) is 0 Å². The Balaban J connectivity index is 0.000000390. The number of halogens is 6. The molecule has 0 atom stereocenters. The van der Waals surface area contributed by atoms with Crippen LogP contribution < -0.4 is 0 Å². The fourth-order valence-corrected chi connectivity index (χ4v) is 1.12. The third kappa shape index (κ3) is 8.56. The van der Waals surface area contributed by atoms with E-state index in [1.54, 1.807) is 24.5 Å². The van der Waals surface area contributed by atoms with E-state index < -0.39 is 24.3 Å². The number of carbonyl (C=O) groups is 2. The highest BCUT2D eigenvalue weighted by Gasteiger charge is 2.38. The maximum atomic E-state index is 10.6. The van der Waals surface area contributed by atoms with Gasteiger partial charge in [0.15, 0.2) is 0 Å². The SMILES string of the molecule is O=C(O)C(F)(F)F.O=C(O)C(F)(F)F.Oc1ccccc1-c1cn[nH]c1. The van der Waals surface area contributed by atoms with Crippen LogP contribution in [0.25, 0.3) is 11.1 Å². The molecule has 13 heteroatoms. The summed E-state index contributed by atoms with van der Waals surface area (Å²) >= 11 is 0. The number of rotatable bonds is 1. The number of aromatic nitrogens is 2. The summed E-state index contributed by atoms with van der Waals surface area (Å²) in [6.45, 7) is 0. The number of alkyl halides is 6. The quantitative estimate of drug-likeness (QED) is 0.557. The number of nitrogens with one attached hydrogen (secondary N) is 1. The molecular weight excluding hydrogens is 378 g/mol. The Morgan fingerprint density at radius 2 is 1.35 bits per heavy atom. The van der Waals surface area contributed by atoms with Crippen molar-refractivity contribution in [1.82, 2.24) is 10.2 Å². The smallest absolute Gasteiger partial charge is 0.490 e. The standard InChI is InChI=1S/C9H8N2O.2C2HF3O2/c12-9-4-2-1-3-8(9)7-5-10-11-6-7;2*3-2(4,5)1(6)7/h1-6,12H,(H,10,11);2*(H,6,7). The van der Waals surface area contributed by atoms with Gasteiger partial charge < -0.3 is 15.3 Å². The van der Waals surface area contributed by atoms with Gasteiger partial charge in [-0.3, -0.25) is 5.10 Å². The number of hydrogen-bond donors (Lipinski definition) is 4. The second-order valence-corrected chi connectivity index (χ2v) is 4.11. The van der Waals surface area contributed by atoms with Crippen molar-refractivity contribution in [3.8, 4) is 16.9 Å². The molecular formula is C13H10F6N2O5. The minimum absolute atomic E-state index is 0.277. The summed E-state index contributed by atoms with van der Waals surface area (Å²) in [5.41, 5.74) is 1.69. The Morgan fingerprint density at radius 1 is 0.923 bits per heavy atom. The molecule has 2 rings (SSSR count). The fourth-order valence-electron chi connectivity index (χ4n) is 1.12. The number of nitrogens with zero attached hydrogens (tertiary/aromatic N) is 1. The number of aliphatic carboxylic acids is 2. The van der Waals surface area contributed by atoms with E-state index >= 15 is 0 Å². The van der Waals surface area contributed by atoms with E-state index in [4.69, 9.17) is 19.8 Å². The molecule has 7 nitrogen and oxygen atoms in total. The Labute approximate surface area is 140 Å². The second kappa shape index (κ2) is 9.29. The molecule has 0 aliphatic heterocycles. The second-order valence-electron chi connectivity index (χ2n) is 4.11. The zero-order valence-electron chi connectivity index (χ0n) is 12.3. The number of hydrogen-bond acceptors (Lipinski definition) is 4. The van der Waals surface area contributed by atoms with Crippen LogP contribution in [-0.2, 0) is 9.59 Å². The van der Waals surface area contributed by atoms with E-state index in [-0.39, 0.29) is 5.75 Å². The summed E-state index contributed by atoms with van der Waals surface area (Å²) in [6.07, 6.45) is -6.75. The van der Waals surface area contributed by atoms with Crippen LogP contribution in [0.15, 0.2) is 36.7 Å². The van der Waals surface area contributed by atoms with Gasteiger partial charge in [-0.1, -0.05) is 18.2 Å². The molecule has 0 saturated carbocycles. The molecule has 0 saturated heterocycles. The number of aromatic amines is 1. The van der Waals surface area contributed by atoms with E-state index in [2.05, 4.69) is 10.2 Å². The highest BCUT2D eigenvalue weighted by molar-refractivity contribution is 5.73. The van der Waals surface area contributed by atoms with Crippen molar-refractivity contribution in [3.05, 3.63) is 36.7 Å². The van der Waals surface area contributed by atoms with E-state index in [1.165, 1.54) is 0 Å². The molecule has 0 radical (unpaired) electrons. The van der Waals surface area contributed by atoms with Crippen molar-refractivity contribution in [2.45, 2.75) is 12.4 Å². The van der Waals surface area contributed by atoms with Crippen LogP contribution in [0.5, 0.6) is 5.75 Å². The third-order valence-corrected chi connectivity index (χ3v) is 2.20. The first-order valence-corrected chi connectivity index (χ1v) is 6.14. The minimum atomic E-state index is -5.08. The molecule has 1 aromatic carbocycles. The third-order valence-electron chi connectivity index (χ3n) is 2.20. The summed E-state index contributed by atoms with van der Waals surface area (Å²) < 4.78 is 63.5. The first-order chi connectivity index (χ1) is 11.8. The predicted octanol–water partition coefficient (Wildman–Crippen LogP) is 3.05. The minimum Gasteiger partial charge on any atom is -0.507 e. The highest BCUT2D eigenvalue weighted by atomic mass is 19.4. The number of H-pyrrole nitrogens is 1. The van der Waals surface area contributed by atoms with Gasteiger partial charge in [-0.05, 0) is 6.07 Å². The van der Waals surface area contributed by atoms with Gasteiger partial charge in [0.05, 0.1) is 6.20 Å². The summed E-state index contributed by atoms with van der Waals surface area (Å²) in [6, 6.07) is 7.17. The summed E-state index contributed by atoms with van der Waals surface area (Å²) in [5, 5.41) is 30.2. The zero-order chi connectivity index (χ0) is 20.5. The lowest BCUT2D eigenvalue weighted by atomic mass is 10.1. The van der Waals surface area contributed by atoms with Crippen LogP contribution in [0.1, 0.15) is 0 Å². The molecule has 26 heavy (non-hydrogen) atoms. The van der Waals surface area contributed by atoms with Crippen molar-refractivity contribution in [3.63, 3.8) is 0 Å². The molecule has 0 unspecified atom stereocenters. The van der Waals surface area contributed by atoms with E-state index in [9.17, 15) is 31.4 Å². The first kappa shape index (κ1) is 22.8. The highest BCUT2D eigenvalue weighted by Crippen LogP contribution is 2.26. The van der Waals surface area contributed by atoms with Gasteiger partial charge >= 0.3 is 24.3 Å². The summed E-state index contributed by atoms with van der Waals surface area (Å²) in [5.74, 6) is -5.24. The topological polar surface area (TPSA) is 124 Å². The molecule has 0 fully saturated rings. The van der Waals surface area contributed by atoms with Gasteiger partial charge in [-0.25, -0.2) is 9.59 Å². The lowest BCUT2D eigenvalue weighted by Gasteiger charge is -1.98. The Hall–Kier alpha value is -3.25. The van der Waals surface area contributed by atoms with E-state index in [0.717, 1.165) is 11.1 Å². The maximum absolute atomic E-state index is 10.6. The van der Waals surface area contributed by atoms with Gasteiger partial charge in [0, 0.05) is 17.3 Å². The van der Waals surface area contributed by atoms with Gasteiger partial charge in [-0.2, -0.15) is 31.4 Å². The number of carboxylic acids is 2. The Bertz CT molecular complexity index is 689. The number of aromatic hydroxyl groups is 1. The average molecular weight is 388 g/mol. The molecule has 4 N–H and O–H groups in total. The van der Waals surface area contributed by atoms with Gasteiger partial charge in [0.2, 0.25) is 0 Å². The predicted molar refractivity (Wildman–Crippen MR) is 73.1 cm³/mol. The number of para-hydroxylation sites is 1. The number of phenols is 1. The molecule has 0 aliphatic carbocycles. The van der Waals surface area contributed by atoms with E-state index in [0.29, 0.717) is 0 Å². The van der Waals surface area contributed by atoms with Crippen LogP contribution >= 0.6 is 0 Å². The average Bonchev–Trinajstić information content (AvgIpc) is 3.01. The maximum Gasteiger partial charge on any atom is 0.490 e. The number of phenolic OH excluding ortho intramolecular Hbond substituents is 1. The normalized spacial score (nSPS) is 10.7. The van der Waals surface area contributed by atoms with Gasteiger partial charge in [0.1, 0.15) is 5.75 Å². The van der Waals surface area contributed by atoms with E-state index in [1.807, 2.05) is 12.1 Å². The molecule has 1 aromatic heterocycles. The molecule has 0 aliphatic rings. The fraction of sp³-hybridized carbons (Fsp3) is 0.154. The largest absolute Gasteiger partial charge is 0.507 e.